The maximum Gasteiger partial charge on any atom is 0.147 e. The van der Waals surface area contributed by atoms with Gasteiger partial charge in [0.25, 0.3) is 0 Å². The van der Waals surface area contributed by atoms with Crippen molar-refractivity contribution in [2.45, 2.75) is 0 Å². The van der Waals surface area contributed by atoms with E-state index in [-0.39, 0.29) is 0 Å². The second-order valence-electron chi connectivity index (χ2n) is 5.31. The zero-order chi connectivity index (χ0) is 16.6. The summed E-state index contributed by atoms with van der Waals surface area (Å²) in [5.41, 5.74) is 2.88. The normalized spacial score (nSPS) is 11.2. The smallest absolute Gasteiger partial charge is 0.147 e. The van der Waals surface area contributed by atoms with Gasteiger partial charge in [-0.3, -0.25) is 0 Å². The predicted molar refractivity (Wildman–Crippen MR) is 98.5 cm³/mol. The van der Waals surface area contributed by atoms with Crippen LogP contribution in [0.4, 0.5) is 0 Å². The minimum atomic E-state index is 0.757. The summed E-state index contributed by atoms with van der Waals surface area (Å²) in [7, 11) is 0. The molecule has 0 aliphatic rings. The van der Waals surface area contributed by atoms with E-state index in [1.807, 2.05) is 41.9 Å². The Labute approximate surface area is 151 Å². The molecule has 5 rings (SSSR count). The van der Waals surface area contributed by atoms with Crippen molar-refractivity contribution in [3.63, 3.8) is 0 Å². The van der Waals surface area contributed by atoms with E-state index >= 15 is 0 Å². The highest BCUT2D eigenvalue weighted by Crippen LogP contribution is 2.48. The molecule has 0 saturated heterocycles. The summed E-state index contributed by atoms with van der Waals surface area (Å²) in [5.74, 6) is 2.33. The summed E-state index contributed by atoms with van der Waals surface area (Å²) in [5, 5.41) is 5.01. The number of hydrogen-bond acceptors (Lipinski definition) is 6. The molecule has 0 spiro atoms. The molecule has 0 unspecified atom stereocenters. The van der Waals surface area contributed by atoms with Gasteiger partial charge in [0.15, 0.2) is 0 Å². The van der Waals surface area contributed by atoms with Crippen LogP contribution in [0.1, 0.15) is 0 Å². The number of rotatable bonds is 4. The van der Waals surface area contributed by atoms with Crippen molar-refractivity contribution in [2.24, 2.45) is 0 Å². The van der Waals surface area contributed by atoms with Gasteiger partial charge in [0.1, 0.15) is 22.3 Å². The molecule has 0 bridgehead atoms. The van der Waals surface area contributed by atoms with E-state index in [9.17, 15) is 0 Å². The minimum Gasteiger partial charge on any atom is -0.464 e. The van der Waals surface area contributed by atoms with Crippen molar-refractivity contribution in [3.05, 3.63) is 66.1 Å². The van der Waals surface area contributed by atoms with Crippen LogP contribution in [0.15, 0.2) is 79.3 Å². The van der Waals surface area contributed by atoms with E-state index in [2.05, 4.69) is 10.4 Å². The van der Waals surface area contributed by atoms with E-state index in [1.54, 1.807) is 41.5 Å². The number of hydrogen-bond donors (Lipinski definition) is 0. The van der Waals surface area contributed by atoms with E-state index < -0.39 is 0 Å². The highest BCUT2D eigenvalue weighted by molar-refractivity contribution is 7.20. The van der Waals surface area contributed by atoms with Crippen molar-refractivity contribution >= 4 is 22.7 Å². The van der Waals surface area contributed by atoms with Crippen molar-refractivity contribution in [1.82, 2.24) is 4.98 Å². The first-order chi connectivity index (χ1) is 12.4. The van der Waals surface area contributed by atoms with Gasteiger partial charge in [-0.05, 0) is 30.3 Å². The van der Waals surface area contributed by atoms with Crippen LogP contribution in [0.5, 0.6) is 0 Å². The third-order valence-electron chi connectivity index (χ3n) is 3.88. The Morgan fingerprint density at radius 1 is 0.800 bits per heavy atom. The first kappa shape index (κ1) is 14.5. The summed E-state index contributed by atoms with van der Waals surface area (Å²) >= 11 is 3.24. The fourth-order valence-corrected chi connectivity index (χ4v) is 4.63. The molecule has 5 heterocycles. The molecule has 0 N–H and O–H groups in total. The van der Waals surface area contributed by atoms with Gasteiger partial charge in [-0.2, -0.15) is 0 Å². The second-order valence-corrected chi connectivity index (χ2v) is 7.08. The van der Waals surface area contributed by atoms with Crippen LogP contribution >= 0.6 is 22.7 Å². The minimum absolute atomic E-state index is 0.757. The third-order valence-corrected chi connectivity index (χ3v) is 5.79. The molecule has 0 radical (unpaired) electrons. The van der Waals surface area contributed by atoms with Gasteiger partial charge in [-0.15, -0.1) is 22.7 Å². The monoisotopic (exact) mass is 365 g/mol. The van der Waals surface area contributed by atoms with Gasteiger partial charge < -0.3 is 13.3 Å². The van der Waals surface area contributed by atoms with Gasteiger partial charge in [0, 0.05) is 28.1 Å². The van der Waals surface area contributed by atoms with Crippen LogP contribution in [-0.2, 0) is 0 Å². The first-order valence-electron chi connectivity index (χ1n) is 7.59. The maximum absolute atomic E-state index is 5.89. The Morgan fingerprint density at radius 2 is 1.60 bits per heavy atom. The molecular weight excluding hydrogens is 354 g/mol. The molecule has 25 heavy (non-hydrogen) atoms. The van der Waals surface area contributed by atoms with Crippen LogP contribution in [0.3, 0.4) is 0 Å². The predicted octanol–water partition coefficient (Wildman–Crippen LogP) is 6.65. The molecule has 6 heteroatoms. The Balaban J connectivity index is 1.78. The van der Waals surface area contributed by atoms with Gasteiger partial charge in [0.2, 0.25) is 0 Å². The Kier molecular flexibility index (Phi) is 3.43. The molecule has 0 aliphatic carbocycles. The van der Waals surface area contributed by atoms with Gasteiger partial charge >= 0.3 is 0 Å². The Morgan fingerprint density at radius 3 is 2.28 bits per heavy atom. The highest BCUT2D eigenvalue weighted by atomic mass is 32.1. The van der Waals surface area contributed by atoms with Gasteiger partial charge in [-0.25, -0.2) is 4.98 Å². The third kappa shape index (κ3) is 2.38. The average molecular weight is 365 g/mol. The van der Waals surface area contributed by atoms with Crippen LogP contribution < -0.4 is 0 Å². The zero-order valence-electron chi connectivity index (χ0n) is 12.8. The van der Waals surface area contributed by atoms with Crippen LogP contribution in [0.25, 0.3) is 43.9 Å². The summed E-state index contributed by atoms with van der Waals surface area (Å²) in [6.45, 7) is 0. The molecular formula is C19H11NO3S2. The standard InChI is InChI=1S/C19H11NO3S2/c1-3-14(21-7-1)12-5-9-23-17(12)16-13(15-4-2-8-22-15)11-25-18(16)19-20-6-10-24-19/h1-11H. The lowest BCUT2D eigenvalue weighted by molar-refractivity contribution is 0.569. The largest absolute Gasteiger partial charge is 0.464 e. The molecule has 0 aromatic carbocycles. The topological polar surface area (TPSA) is 52.3 Å². The van der Waals surface area contributed by atoms with E-state index in [0.29, 0.717) is 0 Å². The van der Waals surface area contributed by atoms with Gasteiger partial charge in [0.05, 0.1) is 29.2 Å². The number of nitrogens with zero attached hydrogens (tertiary/aromatic N) is 1. The fourth-order valence-electron chi connectivity index (χ4n) is 2.82. The number of furan rings is 3. The highest BCUT2D eigenvalue weighted by Gasteiger charge is 2.25. The molecule has 0 aliphatic heterocycles. The van der Waals surface area contributed by atoms with Crippen LogP contribution in [0, 0.1) is 0 Å². The SMILES string of the molecule is c1coc(-c2ccoc2-c2c(-c3ccco3)csc2-c2nccs2)c1. The second kappa shape index (κ2) is 5.91. The molecule has 0 amide bonds. The average Bonchev–Trinajstić information content (AvgIpc) is 3.48. The van der Waals surface area contributed by atoms with Crippen molar-refractivity contribution in [1.29, 1.82) is 0 Å². The quantitative estimate of drug-likeness (QED) is 0.358. The first-order valence-corrected chi connectivity index (χ1v) is 9.34. The van der Waals surface area contributed by atoms with E-state index in [1.165, 1.54) is 0 Å². The number of thiazole rings is 1. The summed E-state index contributed by atoms with van der Waals surface area (Å²) in [6, 6.07) is 9.55. The lowest BCUT2D eigenvalue weighted by atomic mass is 10.0. The number of aromatic nitrogens is 1. The zero-order valence-corrected chi connectivity index (χ0v) is 14.5. The maximum atomic E-state index is 5.89. The summed E-state index contributed by atoms with van der Waals surface area (Å²) in [6.07, 6.45) is 6.83. The van der Waals surface area contributed by atoms with Crippen LogP contribution in [-0.4, -0.2) is 4.98 Å². The lowest BCUT2D eigenvalue weighted by Gasteiger charge is -2.05. The number of thiophene rings is 1. The molecule has 5 aromatic rings. The van der Waals surface area contributed by atoms with Crippen molar-refractivity contribution < 1.29 is 13.3 Å². The van der Waals surface area contributed by atoms with Crippen LogP contribution in [0.2, 0.25) is 0 Å². The Bertz CT molecular complexity index is 1030. The molecule has 0 saturated carbocycles. The molecule has 5 aromatic heterocycles. The van der Waals surface area contributed by atoms with Gasteiger partial charge in [-0.1, -0.05) is 0 Å². The summed E-state index contributed by atoms with van der Waals surface area (Å²) < 4.78 is 17.1. The fraction of sp³-hybridized carbons (Fsp3) is 0. The van der Waals surface area contributed by atoms with E-state index in [4.69, 9.17) is 13.3 Å². The Hall–Kier alpha value is -2.83. The van der Waals surface area contributed by atoms with Crippen molar-refractivity contribution in [3.8, 4) is 43.9 Å². The van der Waals surface area contributed by atoms with Crippen molar-refractivity contribution in [2.75, 3.05) is 0 Å². The molecule has 122 valence electrons. The van der Waals surface area contributed by atoms with E-state index in [0.717, 1.165) is 43.9 Å². The molecule has 0 fully saturated rings. The summed E-state index contributed by atoms with van der Waals surface area (Å²) in [4.78, 5) is 5.54. The molecule has 0 atom stereocenters. The molecule has 4 nitrogen and oxygen atoms in total. The lowest BCUT2D eigenvalue weighted by Crippen LogP contribution is -1.83.